The minimum absolute atomic E-state index is 0.334. The van der Waals surface area contributed by atoms with Crippen LogP contribution in [0.1, 0.15) is 51.6 Å². The van der Waals surface area contributed by atoms with E-state index in [1.165, 1.54) is 31.4 Å². The summed E-state index contributed by atoms with van der Waals surface area (Å²) in [6.07, 6.45) is 3.83. The predicted octanol–water partition coefficient (Wildman–Crippen LogP) is 3.60. The van der Waals surface area contributed by atoms with Gasteiger partial charge in [0.15, 0.2) is 0 Å². The number of hydrogen-bond donors (Lipinski definition) is 1. The Bertz CT molecular complexity index is 425. The van der Waals surface area contributed by atoms with Crippen molar-refractivity contribution >= 4 is 0 Å². The lowest BCUT2D eigenvalue weighted by atomic mass is 9.82. The fourth-order valence-corrected chi connectivity index (χ4v) is 3.51. The van der Waals surface area contributed by atoms with Crippen molar-refractivity contribution in [2.24, 2.45) is 11.1 Å². The Morgan fingerprint density at radius 3 is 2.33 bits per heavy atom. The van der Waals surface area contributed by atoms with Gasteiger partial charge in [0.05, 0.1) is 6.61 Å². The maximum Gasteiger partial charge on any atom is 0.119 e. The second-order valence-corrected chi connectivity index (χ2v) is 6.18. The van der Waals surface area contributed by atoms with E-state index in [-0.39, 0.29) is 0 Å². The second kappa shape index (κ2) is 7.28. The van der Waals surface area contributed by atoms with Crippen LogP contribution in [0.3, 0.4) is 0 Å². The fourth-order valence-electron chi connectivity index (χ4n) is 3.51. The summed E-state index contributed by atoms with van der Waals surface area (Å²) in [6, 6.07) is 8.79. The van der Waals surface area contributed by atoms with Gasteiger partial charge in [-0.2, -0.15) is 0 Å². The molecule has 1 atom stereocenters. The third-order valence-corrected chi connectivity index (χ3v) is 5.21. The van der Waals surface area contributed by atoms with E-state index in [0.717, 1.165) is 12.3 Å². The zero-order valence-corrected chi connectivity index (χ0v) is 13.8. The Hall–Kier alpha value is -1.06. The zero-order valence-electron chi connectivity index (χ0n) is 13.8. The zero-order chi connectivity index (χ0) is 15.3. The molecule has 3 heteroatoms. The first-order valence-electron chi connectivity index (χ1n) is 8.35. The molecule has 1 unspecified atom stereocenters. The summed E-state index contributed by atoms with van der Waals surface area (Å²) in [5, 5.41) is 0. The van der Waals surface area contributed by atoms with Crippen LogP contribution in [0.15, 0.2) is 24.3 Å². The van der Waals surface area contributed by atoms with Gasteiger partial charge in [-0.15, -0.1) is 0 Å². The number of rotatable bonds is 7. The molecule has 0 radical (unpaired) electrons. The van der Waals surface area contributed by atoms with Gasteiger partial charge in [-0.25, -0.2) is 0 Å². The van der Waals surface area contributed by atoms with Crippen molar-refractivity contribution in [3.05, 3.63) is 29.8 Å². The third kappa shape index (κ3) is 3.58. The Balaban J connectivity index is 2.09. The van der Waals surface area contributed by atoms with E-state index in [9.17, 15) is 0 Å². The fraction of sp³-hybridized carbons (Fsp3) is 0.667. The molecule has 0 saturated carbocycles. The van der Waals surface area contributed by atoms with E-state index in [4.69, 9.17) is 10.5 Å². The maximum absolute atomic E-state index is 6.08. The molecule has 1 heterocycles. The van der Waals surface area contributed by atoms with Crippen molar-refractivity contribution < 1.29 is 4.74 Å². The monoisotopic (exact) mass is 290 g/mol. The lowest BCUT2D eigenvalue weighted by molar-refractivity contribution is 0.197. The molecule has 0 aliphatic carbocycles. The van der Waals surface area contributed by atoms with Crippen LogP contribution in [0.25, 0.3) is 0 Å². The van der Waals surface area contributed by atoms with Gasteiger partial charge < -0.3 is 10.5 Å². The van der Waals surface area contributed by atoms with Gasteiger partial charge in [-0.1, -0.05) is 26.0 Å². The van der Waals surface area contributed by atoms with E-state index in [2.05, 4.69) is 43.0 Å². The Labute approximate surface area is 129 Å². The highest BCUT2D eigenvalue weighted by Crippen LogP contribution is 2.40. The third-order valence-electron chi connectivity index (χ3n) is 5.21. The molecule has 0 amide bonds. The van der Waals surface area contributed by atoms with Crippen molar-refractivity contribution in [2.75, 3.05) is 26.2 Å². The molecular formula is C18H30N2O. The highest BCUT2D eigenvalue weighted by molar-refractivity contribution is 5.29. The number of nitrogens with two attached hydrogens (primary N) is 1. The molecule has 1 aromatic carbocycles. The number of ether oxygens (including phenoxy) is 1. The first kappa shape index (κ1) is 16.3. The van der Waals surface area contributed by atoms with E-state index in [1.807, 2.05) is 6.92 Å². The molecule has 1 aromatic rings. The molecule has 118 valence electrons. The molecular weight excluding hydrogens is 260 g/mol. The van der Waals surface area contributed by atoms with Crippen LogP contribution in [0.2, 0.25) is 0 Å². The quantitative estimate of drug-likeness (QED) is 0.834. The summed E-state index contributed by atoms with van der Waals surface area (Å²) < 4.78 is 5.52. The second-order valence-electron chi connectivity index (χ2n) is 6.18. The molecule has 2 N–H and O–H groups in total. The van der Waals surface area contributed by atoms with Gasteiger partial charge in [0.2, 0.25) is 0 Å². The smallest absolute Gasteiger partial charge is 0.119 e. The summed E-state index contributed by atoms with van der Waals surface area (Å²) in [5.41, 5.74) is 7.89. The van der Waals surface area contributed by atoms with E-state index in [0.29, 0.717) is 24.6 Å². The summed E-state index contributed by atoms with van der Waals surface area (Å²) in [6.45, 7) is 10.4. The van der Waals surface area contributed by atoms with Gasteiger partial charge in [0, 0.05) is 19.1 Å². The van der Waals surface area contributed by atoms with Crippen molar-refractivity contribution in [3.8, 4) is 5.75 Å². The van der Waals surface area contributed by atoms with Crippen LogP contribution in [0.4, 0.5) is 0 Å². The van der Waals surface area contributed by atoms with Gasteiger partial charge >= 0.3 is 0 Å². The van der Waals surface area contributed by atoms with Crippen LogP contribution in [0.5, 0.6) is 5.75 Å². The minimum atomic E-state index is 0.334. The lowest BCUT2D eigenvalue weighted by Gasteiger charge is -2.31. The van der Waals surface area contributed by atoms with E-state index >= 15 is 0 Å². The first-order valence-corrected chi connectivity index (χ1v) is 8.35. The largest absolute Gasteiger partial charge is 0.494 e. The highest BCUT2D eigenvalue weighted by Gasteiger charge is 2.37. The average molecular weight is 290 g/mol. The van der Waals surface area contributed by atoms with Crippen molar-refractivity contribution in [2.45, 2.75) is 46.1 Å². The lowest BCUT2D eigenvalue weighted by Crippen LogP contribution is -2.34. The van der Waals surface area contributed by atoms with Crippen molar-refractivity contribution in [3.63, 3.8) is 0 Å². The van der Waals surface area contributed by atoms with Gasteiger partial charge in [-0.05, 0) is 55.8 Å². The maximum atomic E-state index is 6.08. The minimum Gasteiger partial charge on any atom is -0.494 e. The topological polar surface area (TPSA) is 38.5 Å². The molecule has 0 spiro atoms. The predicted molar refractivity (Wildman–Crippen MR) is 88.6 cm³/mol. The summed E-state index contributed by atoms with van der Waals surface area (Å²) in [7, 11) is 0. The molecule has 1 fully saturated rings. The Morgan fingerprint density at radius 1 is 1.19 bits per heavy atom. The summed E-state index contributed by atoms with van der Waals surface area (Å²) >= 11 is 0. The first-order chi connectivity index (χ1) is 10.2. The highest BCUT2D eigenvalue weighted by atomic mass is 16.5. The number of hydrogen-bond acceptors (Lipinski definition) is 3. The Morgan fingerprint density at radius 2 is 1.86 bits per heavy atom. The van der Waals surface area contributed by atoms with Crippen LogP contribution >= 0.6 is 0 Å². The van der Waals surface area contributed by atoms with E-state index < -0.39 is 0 Å². The van der Waals surface area contributed by atoms with Crippen LogP contribution in [-0.2, 0) is 0 Å². The molecule has 1 saturated heterocycles. The van der Waals surface area contributed by atoms with Gasteiger partial charge in [0.25, 0.3) is 0 Å². The Kier molecular flexibility index (Phi) is 5.65. The van der Waals surface area contributed by atoms with E-state index in [1.54, 1.807) is 0 Å². The molecule has 0 aromatic heterocycles. The number of nitrogens with zero attached hydrogens (tertiary/aromatic N) is 1. The molecule has 2 rings (SSSR count). The standard InChI is InChI=1S/C18H30N2O/c1-4-18(5-2)11-12-20(14-18)17(13-19)15-7-9-16(10-8-15)21-6-3/h7-10,17H,4-6,11-14,19H2,1-3H3. The molecule has 1 aliphatic heterocycles. The summed E-state index contributed by atoms with van der Waals surface area (Å²) in [5.74, 6) is 0.940. The molecule has 1 aliphatic rings. The molecule has 3 nitrogen and oxygen atoms in total. The molecule has 0 bridgehead atoms. The average Bonchev–Trinajstić information content (AvgIpc) is 2.95. The number of benzene rings is 1. The van der Waals surface area contributed by atoms with Gasteiger partial charge in [-0.3, -0.25) is 4.90 Å². The molecule has 21 heavy (non-hydrogen) atoms. The van der Waals surface area contributed by atoms with Crippen molar-refractivity contribution in [1.82, 2.24) is 4.90 Å². The van der Waals surface area contributed by atoms with Crippen molar-refractivity contribution in [1.29, 1.82) is 0 Å². The normalized spacial score (nSPS) is 19.6. The van der Waals surface area contributed by atoms with Crippen LogP contribution in [0, 0.1) is 5.41 Å². The SMILES string of the molecule is CCOc1ccc(C(CN)N2CCC(CC)(CC)C2)cc1. The van der Waals surface area contributed by atoms with Gasteiger partial charge in [0.1, 0.15) is 5.75 Å². The summed E-state index contributed by atoms with van der Waals surface area (Å²) in [4.78, 5) is 2.57. The number of likely N-dealkylation sites (tertiary alicyclic amines) is 1. The van der Waals surface area contributed by atoms with Crippen LogP contribution in [-0.4, -0.2) is 31.1 Å². The van der Waals surface area contributed by atoms with Crippen LogP contribution < -0.4 is 10.5 Å².